The van der Waals surface area contributed by atoms with Gasteiger partial charge in [0.25, 0.3) is 0 Å². The van der Waals surface area contributed by atoms with Crippen molar-refractivity contribution in [3.05, 3.63) is 0 Å². The number of halogens is 1. The molecule has 1 amide bonds. The molecular weight excluding hydrogens is 419 g/mol. The third-order valence-corrected chi connectivity index (χ3v) is 4.64. The van der Waals surface area contributed by atoms with Crippen LogP contribution >= 0.6 is 24.0 Å². The number of carbonyl (C=O) groups excluding carboxylic acids is 1. The minimum Gasteiger partial charge on any atom is -0.383 e. The predicted octanol–water partition coefficient (Wildman–Crippen LogP) is 2.09. The van der Waals surface area contributed by atoms with Gasteiger partial charge in [-0.05, 0) is 24.2 Å². The van der Waals surface area contributed by atoms with Crippen molar-refractivity contribution in [2.45, 2.75) is 39.5 Å². The van der Waals surface area contributed by atoms with Gasteiger partial charge in [-0.15, -0.1) is 24.0 Å². The Bertz CT molecular complexity index is 394. The number of aliphatic imine (C=N–C) groups is 1. The highest BCUT2D eigenvalue weighted by molar-refractivity contribution is 14.0. The van der Waals surface area contributed by atoms with E-state index in [1.807, 2.05) is 0 Å². The van der Waals surface area contributed by atoms with Crippen molar-refractivity contribution >= 4 is 35.8 Å². The lowest BCUT2D eigenvalue weighted by Gasteiger charge is -2.32. The van der Waals surface area contributed by atoms with Gasteiger partial charge in [-0.25, -0.2) is 4.99 Å². The lowest BCUT2D eigenvalue weighted by Crippen LogP contribution is -2.45. The summed E-state index contributed by atoms with van der Waals surface area (Å²) >= 11 is 0. The highest BCUT2D eigenvalue weighted by Gasteiger charge is 2.31. The predicted molar refractivity (Wildman–Crippen MR) is 110 cm³/mol. The topological polar surface area (TPSA) is 66.0 Å². The minimum atomic E-state index is -0.00658. The second kappa shape index (κ2) is 11.9. The molecule has 6 nitrogen and oxygen atoms in total. The molecule has 1 saturated carbocycles. The first-order valence-electron chi connectivity index (χ1n) is 8.58. The number of hydrogen-bond donors (Lipinski definition) is 2. The van der Waals surface area contributed by atoms with Crippen LogP contribution in [0.15, 0.2) is 4.99 Å². The Morgan fingerprint density at radius 3 is 2.42 bits per heavy atom. The standard InChI is InChI=1S/C17H34N4O2.HI/c1-17(2,14-8-6-7-9-14)13-20-16(18-10-11-23-5)19-12-15(22)21(3)4;/h14H,6-13H2,1-5H3,(H2,18,19,20);1H. The number of nitrogens with zero attached hydrogens (tertiary/aromatic N) is 2. The first-order valence-corrected chi connectivity index (χ1v) is 8.58. The summed E-state index contributed by atoms with van der Waals surface area (Å²) < 4.78 is 5.06. The molecule has 142 valence electrons. The van der Waals surface area contributed by atoms with Crippen molar-refractivity contribution in [2.75, 3.05) is 47.4 Å². The third-order valence-electron chi connectivity index (χ3n) is 4.64. The molecule has 1 aliphatic rings. The molecule has 0 aliphatic heterocycles. The van der Waals surface area contributed by atoms with E-state index in [2.05, 4.69) is 29.5 Å². The molecule has 7 heteroatoms. The van der Waals surface area contributed by atoms with Gasteiger partial charge in [-0.2, -0.15) is 0 Å². The van der Waals surface area contributed by atoms with E-state index in [4.69, 9.17) is 4.74 Å². The lowest BCUT2D eigenvalue weighted by molar-refractivity contribution is -0.127. The van der Waals surface area contributed by atoms with Gasteiger partial charge in [0.1, 0.15) is 6.54 Å². The summed E-state index contributed by atoms with van der Waals surface area (Å²) in [6, 6.07) is 0. The van der Waals surface area contributed by atoms with Gasteiger partial charge in [0.2, 0.25) is 5.91 Å². The molecule has 0 spiro atoms. The zero-order valence-corrected chi connectivity index (χ0v) is 18.2. The van der Waals surface area contributed by atoms with E-state index < -0.39 is 0 Å². The van der Waals surface area contributed by atoms with Crippen molar-refractivity contribution in [2.24, 2.45) is 16.3 Å². The van der Waals surface area contributed by atoms with E-state index >= 15 is 0 Å². The Morgan fingerprint density at radius 2 is 1.88 bits per heavy atom. The second-order valence-electron chi connectivity index (χ2n) is 7.20. The number of likely N-dealkylation sites (N-methyl/N-ethyl adjacent to an activating group) is 1. The van der Waals surface area contributed by atoms with Crippen LogP contribution < -0.4 is 10.6 Å². The van der Waals surface area contributed by atoms with E-state index in [1.54, 1.807) is 26.1 Å². The van der Waals surface area contributed by atoms with Crippen LogP contribution in [0.1, 0.15) is 39.5 Å². The fourth-order valence-corrected chi connectivity index (χ4v) is 2.90. The molecule has 0 bridgehead atoms. The van der Waals surface area contributed by atoms with Crippen molar-refractivity contribution in [1.82, 2.24) is 15.5 Å². The fourth-order valence-electron chi connectivity index (χ4n) is 2.90. The molecule has 0 atom stereocenters. The molecule has 0 unspecified atom stereocenters. The molecule has 0 saturated heterocycles. The third kappa shape index (κ3) is 8.50. The summed E-state index contributed by atoms with van der Waals surface area (Å²) in [6.07, 6.45) is 5.33. The summed E-state index contributed by atoms with van der Waals surface area (Å²) in [7, 11) is 5.16. The maximum atomic E-state index is 11.7. The van der Waals surface area contributed by atoms with Crippen molar-refractivity contribution < 1.29 is 9.53 Å². The van der Waals surface area contributed by atoms with Crippen molar-refractivity contribution in [1.29, 1.82) is 0 Å². The fraction of sp³-hybridized carbons (Fsp3) is 0.882. The Balaban J connectivity index is 0.00000529. The summed E-state index contributed by atoms with van der Waals surface area (Å²) in [4.78, 5) is 17.7. The molecule has 0 aromatic carbocycles. The maximum absolute atomic E-state index is 11.7. The first kappa shape index (κ1) is 23.4. The quantitative estimate of drug-likeness (QED) is 0.255. The van der Waals surface area contributed by atoms with Gasteiger partial charge >= 0.3 is 0 Å². The van der Waals surface area contributed by atoms with E-state index in [0.717, 1.165) is 12.5 Å². The molecule has 24 heavy (non-hydrogen) atoms. The zero-order valence-electron chi connectivity index (χ0n) is 15.9. The van der Waals surface area contributed by atoms with Crippen LogP contribution in [0.5, 0.6) is 0 Å². The first-order chi connectivity index (χ1) is 10.9. The molecule has 0 radical (unpaired) electrons. The number of amides is 1. The summed E-state index contributed by atoms with van der Waals surface area (Å²) in [5.41, 5.74) is 0.228. The zero-order chi connectivity index (χ0) is 17.3. The molecule has 0 aromatic heterocycles. The van der Waals surface area contributed by atoms with E-state index in [0.29, 0.717) is 19.1 Å². The van der Waals surface area contributed by atoms with E-state index in [1.165, 1.54) is 25.7 Å². The van der Waals surface area contributed by atoms with Gasteiger partial charge < -0.3 is 20.3 Å². The van der Waals surface area contributed by atoms with Crippen LogP contribution in [-0.4, -0.2) is 64.2 Å². The van der Waals surface area contributed by atoms with Crippen LogP contribution in [0.2, 0.25) is 0 Å². The molecule has 1 aliphatic carbocycles. The van der Waals surface area contributed by atoms with E-state index in [9.17, 15) is 4.79 Å². The normalized spacial score (nSPS) is 15.8. The van der Waals surface area contributed by atoms with Gasteiger partial charge in [0.05, 0.1) is 6.61 Å². The monoisotopic (exact) mass is 454 g/mol. The van der Waals surface area contributed by atoms with Gasteiger partial charge in [0.15, 0.2) is 5.96 Å². The van der Waals surface area contributed by atoms with Gasteiger partial charge in [-0.1, -0.05) is 26.7 Å². The van der Waals surface area contributed by atoms with Crippen LogP contribution in [-0.2, 0) is 9.53 Å². The summed E-state index contributed by atoms with van der Waals surface area (Å²) in [5, 5.41) is 6.62. The number of hydrogen-bond acceptors (Lipinski definition) is 3. The number of carbonyl (C=O) groups is 1. The molecule has 1 fully saturated rings. The maximum Gasteiger partial charge on any atom is 0.243 e. The van der Waals surface area contributed by atoms with Crippen LogP contribution in [0.3, 0.4) is 0 Å². The summed E-state index contributed by atoms with van der Waals surface area (Å²) in [6.45, 7) is 6.91. The average molecular weight is 454 g/mol. The molecule has 1 rings (SSSR count). The van der Waals surface area contributed by atoms with Gasteiger partial charge in [0, 0.05) is 34.3 Å². The largest absolute Gasteiger partial charge is 0.383 e. The Kier molecular flexibility index (Phi) is 11.6. The molecular formula is C17H35IN4O2. The Labute approximate surface area is 164 Å². The number of rotatable bonds is 8. The van der Waals surface area contributed by atoms with Crippen LogP contribution in [0.25, 0.3) is 0 Å². The molecule has 0 aromatic rings. The highest BCUT2D eigenvalue weighted by atomic mass is 127. The second-order valence-corrected chi connectivity index (χ2v) is 7.20. The Morgan fingerprint density at radius 1 is 1.25 bits per heavy atom. The number of guanidine groups is 1. The van der Waals surface area contributed by atoms with Crippen molar-refractivity contribution in [3.8, 4) is 0 Å². The Hall–Kier alpha value is -0.570. The average Bonchev–Trinajstić information content (AvgIpc) is 3.04. The van der Waals surface area contributed by atoms with E-state index in [-0.39, 0.29) is 41.8 Å². The molecule has 0 heterocycles. The summed E-state index contributed by atoms with van der Waals surface area (Å²) in [5.74, 6) is 1.44. The number of ether oxygens (including phenoxy) is 1. The smallest absolute Gasteiger partial charge is 0.243 e. The minimum absolute atomic E-state index is 0. The van der Waals surface area contributed by atoms with Gasteiger partial charge in [-0.3, -0.25) is 4.79 Å². The van der Waals surface area contributed by atoms with Crippen LogP contribution in [0.4, 0.5) is 0 Å². The SMILES string of the molecule is COCCNC(=NCC(=O)N(C)C)NCC(C)(C)C1CCCC1.I. The molecule has 2 N–H and O–H groups in total. The lowest BCUT2D eigenvalue weighted by atomic mass is 9.78. The number of methoxy groups -OCH3 is 1. The number of nitrogens with one attached hydrogen (secondary N) is 2. The van der Waals surface area contributed by atoms with Crippen LogP contribution in [0, 0.1) is 11.3 Å². The van der Waals surface area contributed by atoms with Crippen molar-refractivity contribution in [3.63, 3.8) is 0 Å². The highest BCUT2D eigenvalue weighted by Crippen LogP contribution is 2.38.